The van der Waals surface area contributed by atoms with Crippen LogP contribution in [-0.4, -0.2) is 57.0 Å². The SMILES string of the molecule is CC(C)CO/N=C1\C[C@@H](O)[C@@H](O)[C@@H]2[C@@H]3C(=O)N(C(C)(C)C)C(=O)[C@@H]3CC[C@@H]12. The van der Waals surface area contributed by atoms with Crippen LogP contribution in [-0.2, 0) is 14.4 Å². The van der Waals surface area contributed by atoms with E-state index in [4.69, 9.17) is 4.84 Å². The van der Waals surface area contributed by atoms with Crippen LogP contribution in [0.5, 0.6) is 0 Å². The van der Waals surface area contributed by atoms with Gasteiger partial charge in [0.05, 0.1) is 29.8 Å². The summed E-state index contributed by atoms with van der Waals surface area (Å²) in [5.41, 5.74) is 0.0997. The Bertz CT molecular complexity index is 639. The summed E-state index contributed by atoms with van der Waals surface area (Å²) < 4.78 is 0. The maximum atomic E-state index is 13.2. The van der Waals surface area contributed by atoms with Gasteiger partial charge in [-0.25, -0.2) is 0 Å². The molecular formula is C20H32N2O5. The van der Waals surface area contributed by atoms with Crippen LogP contribution in [0.3, 0.4) is 0 Å². The number of oxime groups is 1. The number of fused-ring (bicyclic) bond motifs is 3. The number of rotatable bonds is 3. The van der Waals surface area contributed by atoms with Crippen LogP contribution in [0, 0.1) is 29.6 Å². The summed E-state index contributed by atoms with van der Waals surface area (Å²) in [6, 6.07) is 0. The molecule has 3 aliphatic rings. The van der Waals surface area contributed by atoms with Gasteiger partial charge in [-0.1, -0.05) is 19.0 Å². The van der Waals surface area contributed by atoms with Crippen LogP contribution < -0.4 is 0 Å². The number of nitrogens with zero attached hydrogens (tertiary/aromatic N) is 2. The molecule has 2 N–H and O–H groups in total. The maximum Gasteiger partial charge on any atom is 0.233 e. The Hall–Kier alpha value is -1.47. The Morgan fingerprint density at radius 2 is 1.78 bits per heavy atom. The largest absolute Gasteiger partial charge is 0.396 e. The Labute approximate surface area is 160 Å². The molecule has 0 spiro atoms. The minimum absolute atomic E-state index is 0.145. The zero-order valence-electron chi connectivity index (χ0n) is 16.9. The molecule has 27 heavy (non-hydrogen) atoms. The van der Waals surface area contributed by atoms with Gasteiger partial charge in [-0.15, -0.1) is 0 Å². The van der Waals surface area contributed by atoms with Crippen molar-refractivity contribution in [1.82, 2.24) is 4.90 Å². The lowest BCUT2D eigenvalue weighted by atomic mass is 9.60. The molecule has 1 heterocycles. The van der Waals surface area contributed by atoms with Gasteiger partial charge in [0.15, 0.2) is 0 Å². The van der Waals surface area contributed by atoms with Gasteiger partial charge in [0.1, 0.15) is 6.61 Å². The van der Waals surface area contributed by atoms with Gasteiger partial charge in [-0.2, -0.15) is 0 Å². The highest BCUT2D eigenvalue weighted by molar-refractivity contribution is 6.06. The molecule has 0 aromatic rings. The molecule has 7 heteroatoms. The lowest BCUT2D eigenvalue weighted by Crippen LogP contribution is -2.55. The summed E-state index contributed by atoms with van der Waals surface area (Å²) in [7, 11) is 0. The van der Waals surface area contributed by atoms with Crippen LogP contribution in [0.25, 0.3) is 0 Å². The normalized spacial score (nSPS) is 38.4. The predicted octanol–water partition coefficient (Wildman–Crippen LogP) is 1.57. The molecule has 0 radical (unpaired) electrons. The van der Waals surface area contributed by atoms with Crippen molar-refractivity contribution in [2.24, 2.45) is 34.7 Å². The number of carbonyl (C=O) groups is 2. The van der Waals surface area contributed by atoms with Crippen molar-refractivity contribution in [2.45, 2.75) is 71.6 Å². The van der Waals surface area contributed by atoms with Gasteiger partial charge >= 0.3 is 0 Å². The number of hydrogen-bond acceptors (Lipinski definition) is 6. The topological polar surface area (TPSA) is 99.4 Å². The third kappa shape index (κ3) is 3.51. The van der Waals surface area contributed by atoms with Crippen molar-refractivity contribution in [3.63, 3.8) is 0 Å². The van der Waals surface area contributed by atoms with E-state index < -0.39 is 35.5 Å². The molecule has 3 fully saturated rings. The van der Waals surface area contributed by atoms with Gasteiger partial charge in [0.25, 0.3) is 0 Å². The molecule has 1 saturated heterocycles. The smallest absolute Gasteiger partial charge is 0.233 e. The average molecular weight is 380 g/mol. The Balaban J connectivity index is 1.91. The van der Waals surface area contributed by atoms with Gasteiger partial charge < -0.3 is 15.1 Å². The fourth-order valence-electron chi connectivity index (χ4n) is 4.90. The third-order valence-electron chi connectivity index (χ3n) is 6.04. The van der Waals surface area contributed by atoms with E-state index in [2.05, 4.69) is 5.16 Å². The highest BCUT2D eigenvalue weighted by atomic mass is 16.6. The fourth-order valence-corrected chi connectivity index (χ4v) is 4.90. The van der Waals surface area contributed by atoms with Gasteiger partial charge in [-0.3, -0.25) is 14.5 Å². The van der Waals surface area contributed by atoms with E-state index in [1.54, 1.807) is 0 Å². The molecular weight excluding hydrogens is 348 g/mol. The summed E-state index contributed by atoms with van der Waals surface area (Å²) in [6.07, 6.45) is -0.546. The fraction of sp³-hybridized carbons (Fsp3) is 0.850. The van der Waals surface area contributed by atoms with E-state index in [9.17, 15) is 19.8 Å². The number of aliphatic hydroxyl groups excluding tert-OH is 2. The van der Waals surface area contributed by atoms with Crippen molar-refractivity contribution in [2.75, 3.05) is 6.61 Å². The van der Waals surface area contributed by atoms with Crippen molar-refractivity contribution in [1.29, 1.82) is 0 Å². The van der Waals surface area contributed by atoms with Crippen LogP contribution in [0.4, 0.5) is 0 Å². The average Bonchev–Trinajstić information content (AvgIpc) is 2.82. The zero-order valence-corrected chi connectivity index (χ0v) is 16.9. The first-order valence-electron chi connectivity index (χ1n) is 9.96. The number of carbonyl (C=O) groups excluding carboxylic acids is 2. The molecule has 7 nitrogen and oxygen atoms in total. The summed E-state index contributed by atoms with van der Waals surface area (Å²) >= 11 is 0. The van der Waals surface area contributed by atoms with E-state index in [0.717, 1.165) is 0 Å². The van der Waals surface area contributed by atoms with E-state index in [-0.39, 0.29) is 24.2 Å². The van der Waals surface area contributed by atoms with Crippen LogP contribution in [0.1, 0.15) is 53.9 Å². The molecule has 0 unspecified atom stereocenters. The Morgan fingerprint density at radius 1 is 1.15 bits per heavy atom. The minimum Gasteiger partial charge on any atom is -0.396 e. The standard InChI is InChI=1S/C20H32N2O5/c1-10(2)9-27-21-13-8-14(23)17(24)15-11(13)6-7-12-16(15)19(26)22(18(12)25)20(3,4)5/h10-12,14-17,23-24H,6-9H2,1-5H3/b21-13+/t11-,12+,14+,15-,16+,17+/m0/s1. The third-order valence-corrected chi connectivity index (χ3v) is 6.04. The van der Waals surface area contributed by atoms with Crippen molar-refractivity contribution < 1.29 is 24.6 Å². The quantitative estimate of drug-likeness (QED) is 0.572. The molecule has 0 bridgehead atoms. The van der Waals surface area contributed by atoms with Crippen LogP contribution in [0.15, 0.2) is 5.16 Å². The first kappa shape index (κ1) is 20.3. The Morgan fingerprint density at radius 3 is 2.37 bits per heavy atom. The second-order valence-electron chi connectivity index (χ2n) is 9.61. The summed E-state index contributed by atoms with van der Waals surface area (Å²) in [4.78, 5) is 32.8. The van der Waals surface area contributed by atoms with Gasteiger partial charge in [-0.05, 0) is 39.5 Å². The lowest BCUT2D eigenvalue weighted by molar-refractivity contribution is -0.146. The molecule has 2 aliphatic carbocycles. The Kier molecular flexibility index (Phi) is 5.38. The molecule has 0 aromatic carbocycles. The second-order valence-corrected chi connectivity index (χ2v) is 9.61. The van der Waals surface area contributed by atoms with Crippen molar-refractivity contribution in [3.05, 3.63) is 0 Å². The zero-order chi connectivity index (χ0) is 20.1. The predicted molar refractivity (Wildman–Crippen MR) is 99.7 cm³/mol. The molecule has 2 amide bonds. The highest BCUT2D eigenvalue weighted by Gasteiger charge is 2.61. The summed E-state index contributed by atoms with van der Waals surface area (Å²) in [5.74, 6) is -1.73. The maximum absolute atomic E-state index is 13.2. The molecule has 3 rings (SSSR count). The minimum atomic E-state index is -1.04. The number of aliphatic hydroxyl groups is 2. The molecule has 2 saturated carbocycles. The van der Waals surface area contributed by atoms with Crippen molar-refractivity contribution in [3.8, 4) is 0 Å². The molecule has 6 atom stereocenters. The van der Waals surface area contributed by atoms with Crippen LogP contribution in [0.2, 0.25) is 0 Å². The van der Waals surface area contributed by atoms with Crippen LogP contribution >= 0.6 is 0 Å². The molecule has 1 aliphatic heterocycles. The number of amides is 2. The second kappa shape index (κ2) is 7.17. The number of hydrogen-bond donors (Lipinski definition) is 2. The highest BCUT2D eigenvalue weighted by Crippen LogP contribution is 2.50. The van der Waals surface area contributed by atoms with Gasteiger partial charge in [0.2, 0.25) is 11.8 Å². The van der Waals surface area contributed by atoms with E-state index in [1.807, 2.05) is 34.6 Å². The van der Waals surface area contributed by atoms with E-state index in [0.29, 0.717) is 31.1 Å². The van der Waals surface area contributed by atoms with Gasteiger partial charge in [0, 0.05) is 23.8 Å². The first-order chi connectivity index (χ1) is 12.5. The van der Waals surface area contributed by atoms with E-state index >= 15 is 0 Å². The number of imide groups is 1. The lowest BCUT2D eigenvalue weighted by Gasteiger charge is -2.45. The van der Waals surface area contributed by atoms with E-state index in [1.165, 1.54) is 4.90 Å². The van der Waals surface area contributed by atoms with Crippen molar-refractivity contribution >= 4 is 17.5 Å². The monoisotopic (exact) mass is 380 g/mol. The summed E-state index contributed by atoms with van der Waals surface area (Å²) in [6.45, 7) is 10.1. The molecule has 152 valence electrons. The first-order valence-corrected chi connectivity index (χ1v) is 9.96. The molecule has 0 aromatic heterocycles. The summed E-state index contributed by atoms with van der Waals surface area (Å²) in [5, 5.41) is 25.4. The number of likely N-dealkylation sites (tertiary alicyclic amines) is 1.